The Morgan fingerprint density at radius 2 is 0.654 bits per heavy atom. The molecule has 0 radical (unpaired) electrons. The number of aromatic hydroxyl groups is 1. The van der Waals surface area contributed by atoms with E-state index in [-0.39, 0.29) is 92.6 Å². The van der Waals surface area contributed by atoms with Crippen molar-refractivity contribution in [3.05, 3.63) is 65.9 Å². The molecule has 0 aliphatic rings. The Labute approximate surface area is 773 Å². The average Bonchev–Trinajstić information content (AvgIpc) is 1.66. The lowest BCUT2D eigenvalue weighted by molar-refractivity contribution is -0.137. The number of hydrogen-bond donors (Lipinski definition) is 25. The van der Waals surface area contributed by atoms with E-state index in [2.05, 4.69) is 101 Å². The summed E-state index contributed by atoms with van der Waals surface area (Å²) in [4.78, 5) is 274. The summed E-state index contributed by atoms with van der Waals surface area (Å²) in [6.45, 7) is 25.5. The van der Waals surface area contributed by atoms with Gasteiger partial charge < -0.3 is 133 Å². The van der Waals surface area contributed by atoms with Gasteiger partial charge in [-0.15, -0.1) is 0 Å². The lowest BCUT2D eigenvalue weighted by Gasteiger charge is -2.28. The molecule has 0 bridgehead atoms. The van der Waals surface area contributed by atoms with Crippen LogP contribution in [0.5, 0.6) is 5.75 Å². The number of rotatable bonds is 57. The van der Waals surface area contributed by atoms with Crippen molar-refractivity contribution in [3.8, 4) is 5.75 Å². The number of aliphatic hydroxyl groups is 2. The zero-order chi connectivity index (χ0) is 101. The van der Waals surface area contributed by atoms with E-state index in [4.69, 9.17) is 17.2 Å². The van der Waals surface area contributed by atoms with Gasteiger partial charge in [0.1, 0.15) is 102 Å². The van der Waals surface area contributed by atoms with Crippen molar-refractivity contribution in [1.82, 2.24) is 101 Å². The number of benzene rings is 2. The first-order valence-electron chi connectivity index (χ1n) is 44.4. The van der Waals surface area contributed by atoms with Crippen LogP contribution in [-0.2, 0) is 109 Å². The number of primary amides is 2. The number of carbonyl (C=O) groups is 20. The number of phenolic OH excluding ortho intramolecular Hbond substituents is 1. The van der Waals surface area contributed by atoms with Crippen LogP contribution in [0.3, 0.4) is 0 Å². The summed E-state index contributed by atoms with van der Waals surface area (Å²) in [7, 11) is 0. The second-order valence-corrected chi connectivity index (χ2v) is 35.8. The van der Waals surface area contributed by atoms with E-state index >= 15 is 0 Å². The summed E-state index contributed by atoms with van der Waals surface area (Å²) in [5, 5.41) is 76.6. The smallest absolute Gasteiger partial charge is 0.245 e. The highest BCUT2D eigenvalue weighted by Gasteiger charge is 2.39. The average molecular weight is 1870 g/mol. The molecule has 20 amide bonds. The van der Waals surface area contributed by atoms with Gasteiger partial charge in [-0.3, -0.25) is 95.9 Å². The third kappa shape index (κ3) is 41.2. The van der Waals surface area contributed by atoms with Crippen molar-refractivity contribution in [1.29, 1.82) is 0 Å². The Morgan fingerprint density at radius 3 is 1.07 bits per heavy atom. The molecule has 0 saturated carbocycles. The van der Waals surface area contributed by atoms with E-state index < -0.39 is 254 Å². The van der Waals surface area contributed by atoms with Gasteiger partial charge in [-0.25, -0.2) is 0 Å². The number of para-hydroxylation sites is 1. The normalized spacial score (nSPS) is 15.2. The minimum atomic E-state index is -1.90. The van der Waals surface area contributed by atoms with Crippen LogP contribution in [0.1, 0.15) is 181 Å². The zero-order valence-corrected chi connectivity index (χ0v) is 78.9. The second kappa shape index (κ2) is 56.1. The van der Waals surface area contributed by atoms with Crippen molar-refractivity contribution in [2.24, 2.45) is 52.7 Å². The van der Waals surface area contributed by atoms with Gasteiger partial charge in [0.15, 0.2) is 0 Å². The van der Waals surface area contributed by atoms with Crippen molar-refractivity contribution >= 4 is 129 Å². The Morgan fingerprint density at radius 1 is 0.331 bits per heavy atom. The molecule has 3 aromatic rings. The first-order valence-corrected chi connectivity index (χ1v) is 44.4. The van der Waals surface area contributed by atoms with Crippen molar-refractivity contribution in [2.45, 2.75) is 285 Å². The Hall–Kier alpha value is -12.9. The molecule has 2 aromatic carbocycles. The van der Waals surface area contributed by atoms with Crippen LogP contribution in [0, 0.1) is 35.5 Å². The molecule has 133 heavy (non-hydrogen) atoms. The lowest BCUT2D eigenvalue weighted by Crippen LogP contribution is -2.62. The maximum absolute atomic E-state index is 14.5. The van der Waals surface area contributed by atoms with Crippen molar-refractivity contribution < 1.29 is 111 Å². The molecule has 0 aliphatic carbocycles. The minimum Gasteiger partial charge on any atom is -0.508 e. The molecule has 0 saturated heterocycles. The third-order valence-electron chi connectivity index (χ3n) is 20.6. The number of phenols is 1. The van der Waals surface area contributed by atoms with Gasteiger partial charge in [0.2, 0.25) is 118 Å². The third-order valence-corrected chi connectivity index (χ3v) is 20.6. The zero-order valence-electron chi connectivity index (χ0n) is 78.9. The van der Waals surface area contributed by atoms with Crippen LogP contribution >= 0.6 is 0 Å². The van der Waals surface area contributed by atoms with Crippen LogP contribution in [0.15, 0.2) is 54.7 Å². The molecule has 28 N–H and O–H groups in total. The summed E-state index contributed by atoms with van der Waals surface area (Å²) in [6, 6.07) is -10.1. The minimum absolute atomic E-state index is 0.00535. The topological polar surface area (TPSA) is 712 Å². The van der Waals surface area contributed by atoms with Crippen LogP contribution in [0.4, 0.5) is 0 Å². The van der Waals surface area contributed by atoms with E-state index in [9.17, 15) is 111 Å². The number of fused-ring (bicyclic) bond motifs is 1. The maximum atomic E-state index is 14.5. The molecule has 17 atom stereocenters. The van der Waals surface area contributed by atoms with E-state index in [0.29, 0.717) is 11.1 Å². The summed E-state index contributed by atoms with van der Waals surface area (Å²) < 4.78 is 0. The number of amides is 20. The van der Waals surface area contributed by atoms with Gasteiger partial charge in [0, 0.05) is 29.9 Å². The van der Waals surface area contributed by atoms with Crippen LogP contribution < -0.4 is 113 Å². The molecule has 1 aromatic heterocycles. The first kappa shape index (κ1) is 114. The number of nitrogens with two attached hydrogens (primary N) is 3. The van der Waals surface area contributed by atoms with E-state index in [1.807, 2.05) is 13.8 Å². The standard InChI is InChI=1S/C88H140N22O23/c1-41(2)27-58(78(123)94-38-70(116)95-49(15)75(120)102-60(29-43(5)6)80(125)98-51(17)77(122)104-61(30-44(7)8)81(126)99-50(16)76(121)103-59(28-42(3)4)79(124)96-47(13)73(91)118)105-82(127)62(31-45(9)10)106-84(129)64(33-53-23-25-55(113)26-24-53)101-71(117)39-93-74(119)48(14)97-87(132)67(40-111)109-85(130)66(35-68(90)114)107-83(128)63(32-46(11)12)108-88(133)72(52(18)112)110-86(131)65(100-69(115)36-89)34-54-37-92-57-22-20-19-21-56(54)57/h19-26,37,41-52,58-67,72,92,111-113H,27-36,38-40,89H2,1-18H3,(H2,90,114)(H2,91,118)(H,93,119)(H,94,123)(H,95,116)(H,96,124)(H,97,132)(H,98,125)(H,99,126)(H,100,115)(H,101,117)(H,102,120)(H,103,121)(H,104,122)(H,105,127)(H,106,129)(H,107,128)(H,108,133)(H,109,130)(H,110,131)/t47-,48-,49-,50-,51-,52+,58-,59-,60-,61-,62-,63-,64-,65-,66-,67-,72-/m0/s1. The first-order chi connectivity index (χ1) is 62.1. The summed E-state index contributed by atoms with van der Waals surface area (Å²) >= 11 is 0. The van der Waals surface area contributed by atoms with E-state index in [1.165, 1.54) is 58.9 Å². The largest absolute Gasteiger partial charge is 0.508 e. The fourth-order valence-electron chi connectivity index (χ4n) is 13.5. The molecule has 740 valence electrons. The fraction of sp³-hybridized carbons (Fsp3) is 0.614. The number of hydrogen-bond acceptors (Lipinski definition) is 24. The number of carbonyl (C=O) groups excluding carboxylic acids is 20. The Kier molecular flexibility index (Phi) is 48.1. The predicted octanol–water partition coefficient (Wildman–Crippen LogP) is -5.28. The number of H-pyrrole nitrogens is 1. The second-order valence-electron chi connectivity index (χ2n) is 35.8. The molecular formula is C88H140N22O23. The molecule has 1 heterocycles. The van der Waals surface area contributed by atoms with Crippen LogP contribution in [0.2, 0.25) is 0 Å². The van der Waals surface area contributed by atoms with Gasteiger partial charge in [-0.05, 0) is 145 Å². The van der Waals surface area contributed by atoms with Crippen molar-refractivity contribution in [2.75, 3.05) is 26.2 Å². The molecule has 0 fully saturated rings. The molecule has 0 aliphatic heterocycles. The monoisotopic (exact) mass is 1870 g/mol. The number of aromatic nitrogens is 1. The molecule has 0 unspecified atom stereocenters. The highest BCUT2D eigenvalue weighted by Crippen LogP contribution is 2.21. The maximum Gasteiger partial charge on any atom is 0.245 e. The van der Waals surface area contributed by atoms with Crippen molar-refractivity contribution in [3.63, 3.8) is 0 Å². The number of aromatic amines is 1. The highest BCUT2D eigenvalue weighted by molar-refractivity contribution is 6.02. The summed E-state index contributed by atoms with van der Waals surface area (Å²) in [6.07, 6.45) is -1.13. The highest BCUT2D eigenvalue weighted by atomic mass is 16.3. The molecule has 45 nitrogen and oxygen atoms in total. The van der Waals surface area contributed by atoms with Gasteiger partial charge >= 0.3 is 0 Å². The van der Waals surface area contributed by atoms with Gasteiger partial charge in [0.05, 0.1) is 38.8 Å². The van der Waals surface area contributed by atoms with E-state index in [0.717, 1.165) is 17.8 Å². The SMILES string of the molecule is CC(C)C[C@H](NC(=O)[C@H](C)NC(=O)[C@H](CC(C)C)NC(=O)[C@H](C)NC(=O)[C@H](CC(C)C)NC(=O)[C@H](C)NC(=O)CNC(=O)[C@H](CC(C)C)NC(=O)[C@H](CC(C)C)NC(=O)[C@H](Cc1ccc(O)cc1)NC(=O)CNC(=O)[C@H](C)NC(=O)[C@H](CO)NC(=O)[C@H](CC(N)=O)NC(=O)[C@H](CC(C)C)NC(=O)[C@@H](NC(=O)[C@H](Cc1c[nH]c2ccccc12)NC(=O)CN)[C@@H](C)O)C(=O)N[C@@H](C)C(N)=O. The van der Waals surface area contributed by atoms with Gasteiger partial charge in [-0.2, -0.15) is 0 Å². The lowest BCUT2D eigenvalue weighted by atomic mass is 9.99. The molecule has 0 spiro atoms. The molecule has 45 heteroatoms. The quantitative estimate of drug-likeness (QED) is 0.0251. The molecular weight excluding hydrogens is 1730 g/mol. The van der Waals surface area contributed by atoms with E-state index in [1.54, 1.807) is 99.7 Å². The van der Waals surface area contributed by atoms with Gasteiger partial charge in [0.25, 0.3) is 0 Å². The Balaban J connectivity index is 1.70. The number of aliphatic hydroxyl groups excluding tert-OH is 2. The van der Waals surface area contributed by atoms with Crippen LogP contribution in [-0.4, -0.2) is 267 Å². The van der Waals surface area contributed by atoms with Gasteiger partial charge in [-0.1, -0.05) is 113 Å². The molecule has 3 rings (SSSR count). The summed E-state index contributed by atoms with van der Waals surface area (Å²) in [5.41, 5.74) is 18.1. The number of nitrogens with one attached hydrogen (secondary N) is 19. The summed E-state index contributed by atoms with van der Waals surface area (Å²) in [5.74, 6) is -19.9. The predicted molar refractivity (Wildman–Crippen MR) is 487 cm³/mol. The Bertz CT molecular complexity index is 4520. The van der Waals surface area contributed by atoms with Crippen LogP contribution in [0.25, 0.3) is 10.9 Å². The fourth-order valence-corrected chi connectivity index (χ4v) is 13.5.